The molecule has 0 bridgehead atoms. The number of rotatable bonds is 5. The molecule has 0 atom stereocenters. The summed E-state index contributed by atoms with van der Waals surface area (Å²) in [6.07, 6.45) is 2.81. The topological polar surface area (TPSA) is 100 Å². The number of carboxylic acids is 1. The van der Waals surface area contributed by atoms with Crippen molar-refractivity contribution in [2.75, 3.05) is 5.32 Å². The van der Waals surface area contributed by atoms with Gasteiger partial charge in [0.05, 0.1) is 22.7 Å². The summed E-state index contributed by atoms with van der Waals surface area (Å²) >= 11 is 0. The maximum absolute atomic E-state index is 11.5. The molecule has 0 saturated carbocycles. The van der Waals surface area contributed by atoms with Gasteiger partial charge in [0, 0.05) is 6.20 Å². The van der Waals surface area contributed by atoms with Crippen molar-refractivity contribution in [3.05, 3.63) is 41.3 Å². The van der Waals surface area contributed by atoms with Gasteiger partial charge < -0.3 is 20.1 Å². The molecule has 130 valence electrons. The Bertz CT molecular complexity index is 947. The Kier molecular flexibility index (Phi) is 4.31. The number of benzene rings is 1. The highest BCUT2D eigenvalue weighted by Crippen LogP contribution is 2.33. The molecule has 2 aromatic heterocycles. The molecule has 0 aliphatic rings. The predicted octanol–water partition coefficient (Wildman–Crippen LogP) is 3.80. The zero-order valence-electron chi connectivity index (χ0n) is 14.5. The van der Waals surface area contributed by atoms with Crippen molar-refractivity contribution in [1.29, 1.82) is 0 Å². The first-order valence-corrected chi connectivity index (χ1v) is 7.97. The Morgan fingerprint density at radius 2 is 1.96 bits per heavy atom. The van der Waals surface area contributed by atoms with E-state index in [2.05, 4.69) is 20.3 Å². The second-order valence-electron chi connectivity index (χ2n) is 6.18. The SMILES string of the molecule is Cc1cc(Nc2ncnc3[nH]cc(C(=O)O)c23)c(OC(C)C)cc1C. The number of carbonyl (C=O) groups is 1. The predicted molar refractivity (Wildman–Crippen MR) is 95.8 cm³/mol. The van der Waals surface area contributed by atoms with Crippen LogP contribution in [0.4, 0.5) is 11.5 Å². The van der Waals surface area contributed by atoms with Gasteiger partial charge >= 0.3 is 5.97 Å². The second kappa shape index (κ2) is 6.43. The van der Waals surface area contributed by atoms with E-state index in [0.717, 1.165) is 16.8 Å². The number of aromatic nitrogens is 3. The van der Waals surface area contributed by atoms with E-state index in [0.29, 0.717) is 22.6 Å². The fraction of sp³-hybridized carbons (Fsp3) is 0.278. The van der Waals surface area contributed by atoms with Gasteiger partial charge in [-0.15, -0.1) is 0 Å². The average molecular weight is 340 g/mol. The van der Waals surface area contributed by atoms with Crippen LogP contribution in [0, 0.1) is 13.8 Å². The first kappa shape index (κ1) is 16.8. The molecule has 3 N–H and O–H groups in total. The summed E-state index contributed by atoms with van der Waals surface area (Å²) in [5, 5.41) is 13.0. The van der Waals surface area contributed by atoms with Crippen LogP contribution < -0.4 is 10.1 Å². The average Bonchev–Trinajstić information content (AvgIpc) is 2.97. The largest absolute Gasteiger partial charge is 0.489 e. The van der Waals surface area contributed by atoms with Gasteiger partial charge in [-0.3, -0.25) is 0 Å². The summed E-state index contributed by atoms with van der Waals surface area (Å²) in [6.45, 7) is 7.94. The molecule has 7 heteroatoms. The Balaban J connectivity index is 2.11. The molecule has 7 nitrogen and oxygen atoms in total. The number of ether oxygens (including phenoxy) is 1. The number of H-pyrrole nitrogens is 1. The van der Waals surface area contributed by atoms with Crippen LogP contribution in [-0.2, 0) is 0 Å². The van der Waals surface area contributed by atoms with Crippen LogP contribution in [0.1, 0.15) is 35.3 Å². The molecule has 0 fully saturated rings. The summed E-state index contributed by atoms with van der Waals surface area (Å²) in [5.74, 6) is 0.0700. The van der Waals surface area contributed by atoms with Crippen molar-refractivity contribution in [1.82, 2.24) is 15.0 Å². The smallest absolute Gasteiger partial charge is 0.338 e. The van der Waals surface area contributed by atoms with Crippen LogP contribution in [0.25, 0.3) is 11.0 Å². The van der Waals surface area contributed by atoms with Gasteiger partial charge in [0.25, 0.3) is 0 Å². The molecular formula is C18H20N4O3. The lowest BCUT2D eigenvalue weighted by Gasteiger charge is -2.17. The monoisotopic (exact) mass is 340 g/mol. The highest BCUT2D eigenvalue weighted by molar-refractivity contribution is 6.07. The first-order chi connectivity index (χ1) is 11.9. The molecule has 0 aliphatic carbocycles. The molecular weight excluding hydrogens is 320 g/mol. The molecule has 0 saturated heterocycles. The lowest BCUT2D eigenvalue weighted by Crippen LogP contribution is -2.09. The number of carboxylic acid groups (broad SMARTS) is 1. The van der Waals surface area contributed by atoms with E-state index in [4.69, 9.17) is 4.74 Å². The normalized spacial score (nSPS) is 11.1. The minimum absolute atomic E-state index is 0.00918. The molecule has 0 aliphatic heterocycles. The van der Waals surface area contributed by atoms with E-state index >= 15 is 0 Å². The van der Waals surface area contributed by atoms with E-state index < -0.39 is 5.97 Å². The summed E-state index contributed by atoms with van der Waals surface area (Å²) in [4.78, 5) is 22.6. The Morgan fingerprint density at radius 3 is 2.64 bits per heavy atom. The van der Waals surface area contributed by atoms with Gasteiger partial charge in [0.15, 0.2) is 0 Å². The number of hydrogen-bond acceptors (Lipinski definition) is 5. The van der Waals surface area contributed by atoms with E-state index in [1.165, 1.54) is 12.5 Å². The Hall–Kier alpha value is -3.09. The van der Waals surface area contributed by atoms with Crippen molar-refractivity contribution in [3.8, 4) is 5.75 Å². The fourth-order valence-corrected chi connectivity index (χ4v) is 2.59. The van der Waals surface area contributed by atoms with Gasteiger partial charge in [-0.1, -0.05) is 0 Å². The molecule has 3 rings (SSSR count). The first-order valence-electron chi connectivity index (χ1n) is 7.97. The van der Waals surface area contributed by atoms with Crippen molar-refractivity contribution < 1.29 is 14.6 Å². The van der Waals surface area contributed by atoms with Crippen molar-refractivity contribution >= 4 is 28.5 Å². The molecule has 0 amide bonds. The molecule has 2 heterocycles. The van der Waals surface area contributed by atoms with Crippen molar-refractivity contribution in [3.63, 3.8) is 0 Å². The summed E-state index contributed by atoms with van der Waals surface area (Å²) in [5.41, 5.74) is 3.52. The highest BCUT2D eigenvalue weighted by atomic mass is 16.5. The maximum Gasteiger partial charge on any atom is 0.338 e. The molecule has 1 aromatic carbocycles. The summed E-state index contributed by atoms with van der Waals surface area (Å²) in [7, 11) is 0. The van der Waals surface area contributed by atoms with Crippen LogP contribution >= 0.6 is 0 Å². The van der Waals surface area contributed by atoms with Crippen molar-refractivity contribution in [2.45, 2.75) is 33.8 Å². The molecule has 0 spiro atoms. The number of aryl methyl sites for hydroxylation is 2. The molecule has 0 unspecified atom stereocenters. The minimum atomic E-state index is -1.04. The van der Waals surface area contributed by atoms with E-state index in [9.17, 15) is 9.90 Å². The number of hydrogen-bond donors (Lipinski definition) is 3. The minimum Gasteiger partial charge on any atom is -0.489 e. The van der Waals surface area contributed by atoms with Crippen LogP contribution in [-0.4, -0.2) is 32.1 Å². The fourth-order valence-electron chi connectivity index (χ4n) is 2.59. The van der Waals surface area contributed by atoms with Gasteiger partial charge in [-0.25, -0.2) is 14.8 Å². The number of aromatic carboxylic acids is 1. The third-order valence-corrected chi connectivity index (χ3v) is 3.91. The quantitative estimate of drug-likeness (QED) is 0.653. The maximum atomic E-state index is 11.5. The zero-order chi connectivity index (χ0) is 18.1. The standard InChI is InChI=1S/C18H20N4O3/c1-9(2)25-14-6-11(4)10(3)5-13(14)22-17-15-12(18(23)24)7-19-16(15)20-8-21-17/h5-9H,1-4H3,(H,23,24)(H2,19,20,21,22). The van der Waals surface area contributed by atoms with Crippen LogP contribution in [0.3, 0.4) is 0 Å². The van der Waals surface area contributed by atoms with Gasteiger partial charge in [-0.05, 0) is 51.0 Å². The third kappa shape index (κ3) is 3.26. The zero-order valence-corrected chi connectivity index (χ0v) is 14.5. The number of anilines is 2. The molecule has 3 aromatic rings. The lowest BCUT2D eigenvalue weighted by atomic mass is 10.1. The highest BCUT2D eigenvalue weighted by Gasteiger charge is 2.18. The Labute approximate surface area is 145 Å². The number of aromatic amines is 1. The summed E-state index contributed by atoms with van der Waals surface area (Å²) in [6, 6.07) is 3.93. The molecule has 0 radical (unpaired) electrons. The molecule has 25 heavy (non-hydrogen) atoms. The summed E-state index contributed by atoms with van der Waals surface area (Å²) < 4.78 is 5.89. The number of nitrogens with zero attached hydrogens (tertiary/aromatic N) is 2. The lowest BCUT2D eigenvalue weighted by molar-refractivity contribution is 0.0699. The van der Waals surface area contributed by atoms with Crippen LogP contribution in [0.5, 0.6) is 5.75 Å². The van der Waals surface area contributed by atoms with Crippen molar-refractivity contribution in [2.24, 2.45) is 0 Å². The second-order valence-corrected chi connectivity index (χ2v) is 6.18. The van der Waals surface area contributed by atoms with E-state index in [1.807, 2.05) is 39.8 Å². The third-order valence-electron chi connectivity index (χ3n) is 3.91. The number of nitrogens with one attached hydrogen (secondary N) is 2. The van der Waals surface area contributed by atoms with E-state index in [1.54, 1.807) is 0 Å². The van der Waals surface area contributed by atoms with Gasteiger partial charge in [0.2, 0.25) is 0 Å². The van der Waals surface area contributed by atoms with Gasteiger partial charge in [-0.2, -0.15) is 0 Å². The van der Waals surface area contributed by atoms with Crippen LogP contribution in [0.2, 0.25) is 0 Å². The van der Waals surface area contributed by atoms with E-state index in [-0.39, 0.29) is 11.7 Å². The number of fused-ring (bicyclic) bond motifs is 1. The Morgan fingerprint density at radius 1 is 1.24 bits per heavy atom. The van der Waals surface area contributed by atoms with Gasteiger partial charge in [0.1, 0.15) is 23.5 Å². The van der Waals surface area contributed by atoms with Crippen LogP contribution in [0.15, 0.2) is 24.7 Å².